The lowest BCUT2D eigenvalue weighted by Gasteiger charge is -2.15. The first-order valence-corrected chi connectivity index (χ1v) is 6.74. The Morgan fingerprint density at radius 1 is 1.21 bits per heavy atom. The maximum atomic E-state index is 13.1. The Morgan fingerprint density at radius 2 is 1.88 bits per heavy atom. The lowest BCUT2D eigenvalue weighted by Crippen LogP contribution is -2.12. The molecule has 0 radical (unpaired) electrons. The molecule has 1 unspecified atom stereocenters. The van der Waals surface area contributed by atoms with Crippen LogP contribution in [-0.2, 0) is 12.8 Å². The van der Waals surface area contributed by atoms with E-state index in [2.05, 4.69) is 0 Å². The average Bonchev–Trinajstić information content (AvgIpc) is 2.53. The number of nitriles is 1. The minimum atomic E-state index is -4.68. The summed E-state index contributed by atoms with van der Waals surface area (Å²) in [6, 6.07) is 10.7. The van der Waals surface area contributed by atoms with Crippen LogP contribution in [0.2, 0.25) is 0 Å². The van der Waals surface area contributed by atoms with Gasteiger partial charge in [-0.1, -0.05) is 36.4 Å². The zero-order valence-corrected chi connectivity index (χ0v) is 12.2. The van der Waals surface area contributed by atoms with Crippen molar-refractivity contribution < 1.29 is 22.8 Å². The molecule has 0 aliphatic heterocycles. The lowest BCUT2D eigenvalue weighted by atomic mass is 10.0. The molecule has 124 valence electrons. The fraction of sp³-hybridized carbons (Fsp3) is 0.188. The molecule has 5 nitrogen and oxygen atoms in total. The van der Waals surface area contributed by atoms with Crippen LogP contribution in [0, 0.1) is 21.4 Å². The van der Waals surface area contributed by atoms with Crippen LogP contribution in [0.3, 0.4) is 0 Å². The molecular formula is C16H11F3N2O3. The van der Waals surface area contributed by atoms with Crippen LogP contribution >= 0.6 is 0 Å². The van der Waals surface area contributed by atoms with Crippen molar-refractivity contribution in [2.45, 2.75) is 18.8 Å². The van der Waals surface area contributed by atoms with E-state index in [4.69, 9.17) is 10.00 Å². The first-order valence-electron chi connectivity index (χ1n) is 6.74. The number of hydrogen-bond donors (Lipinski definition) is 0. The zero-order chi connectivity index (χ0) is 17.7. The molecule has 0 amide bonds. The Hall–Kier alpha value is -3.08. The second kappa shape index (κ2) is 7.00. The van der Waals surface area contributed by atoms with Crippen molar-refractivity contribution >= 4 is 0 Å². The van der Waals surface area contributed by atoms with Crippen LogP contribution in [0.4, 0.5) is 13.2 Å². The Morgan fingerprint density at radius 3 is 2.42 bits per heavy atom. The van der Waals surface area contributed by atoms with Gasteiger partial charge in [-0.05, 0) is 17.7 Å². The Labute approximate surface area is 135 Å². The standard InChI is InChI=1S/C16H11F3N2O3/c17-16(18,19)13-7-6-12(14(9-20)21(22)23)8-15(13)24-10-11-4-2-1-3-5-11/h1-8,14H,10H2. The summed E-state index contributed by atoms with van der Waals surface area (Å²) in [4.78, 5) is 9.95. The minimum absolute atomic E-state index is 0.136. The normalized spacial score (nSPS) is 12.2. The van der Waals surface area contributed by atoms with E-state index in [0.29, 0.717) is 11.6 Å². The molecule has 0 aliphatic carbocycles. The predicted octanol–water partition coefficient (Wildman–Crippen LogP) is 4.13. The van der Waals surface area contributed by atoms with Gasteiger partial charge in [-0.3, -0.25) is 10.1 Å². The molecule has 8 heteroatoms. The van der Waals surface area contributed by atoms with E-state index in [0.717, 1.165) is 12.1 Å². The molecular weight excluding hydrogens is 325 g/mol. The summed E-state index contributed by atoms with van der Waals surface area (Å²) < 4.78 is 44.4. The summed E-state index contributed by atoms with van der Waals surface area (Å²) in [5.74, 6) is -0.550. The maximum Gasteiger partial charge on any atom is 0.419 e. The van der Waals surface area contributed by atoms with E-state index < -0.39 is 28.5 Å². The molecule has 0 aliphatic rings. The second-order valence-electron chi connectivity index (χ2n) is 4.84. The SMILES string of the molecule is N#CC(c1ccc(C(F)(F)F)c(OCc2ccccc2)c1)[N+](=O)[O-]. The summed E-state index contributed by atoms with van der Waals surface area (Å²) in [6.07, 6.45) is -4.68. The van der Waals surface area contributed by atoms with Crippen LogP contribution in [0.25, 0.3) is 0 Å². The predicted molar refractivity (Wildman–Crippen MR) is 77.6 cm³/mol. The largest absolute Gasteiger partial charge is 0.488 e. The van der Waals surface area contributed by atoms with Gasteiger partial charge in [-0.25, -0.2) is 0 Å². The Kier molecular flexibility index (Phi) is 5.04. The lowest BCUT2D eigenvalue weighted by molar-refractivity contribution is -0.512. The molecule has 0 fully saturated rings. The van der Waals surface area contributed by atoms with Crippen molar-refractivity contribution in [3.8, 4) is 11.8 Å². The van der Waals surface area contributed by atoms with Gasteiger partial charge in [0.25, 0.3) is 0 Å². The molecule has 24 heavy (non-hydrogen) atoms. The average molecular weight is 336 g/mol. The Bertz CT molecular complexity index is 770. The number of nitrogens with zero attached hydrogens (tertiary/aromatic N) is 2. The van der Waals surface area contributed by atoms with Crippen molar-refractivity contribution in [1.82, 2.24) is 0 Å². The third kappa shape index (κ3) is 4.01. The number of alkyl halides is 3. The molecule has 0 aromatic heterocycles. The number of ether oxygens (including phenoxy) is 1. The third-order valence-electron chi connectivity index (χ3n) is 3.20. The molecule has 0 saturated carbocycles. The molecule has 0 saturated heterocycles. The number of nitro groups is 1. The van der Waals surface area contributed by atoms with E-state index >= 15 is 0 Å². The van der Waals surface area contributed by atoms with Crippen LogP contribution in [-0.4, -0.2) is 4.92 Å². The highest BCUT2D eigenvalue weighted by molar-refractivity contribution is 5.41. The van der Waals surface area contributed by atoms with Gasteiger partial charge in [0.15, 0.2) is 0 Å². The first-order chi connectivity index (χ1) is 11.3. The van der Waals surface area contributed by atoms with E-state index in [9.17, 15) is 23.3 Å². The first kappa shape index (κ1) is 17.3. The van der Waals surface area contributed by atoms with Gasteiger partial charge in [0.1, 0.15) is 18.4 Å². The second-order valence-corrected chi connectivity index (χ2v) is 4.84. The third-order valence-corrected chi connectivity index (χ3v) is 3.20. The summed E-state index contributed by atoms with van der Waals surface area (Å²) in [5.41, 5.74) is -0.581. The molecule has 1 atom stereocenters. The maximum absolute atomic E-state index is 13.1. The molecule has 0 spiro atoms. The number of benzene rings is 2. The monoisotopic (exact) mass is 336 g/mol. The van der Waals surface area contributed by atoms with Crippen LogP contribution in [0.5, 0.6) is 5.75 Å². The topological polar surface area (TPSA) is 76.2 Å². The van der Waals surface area contributed by atoms with Crippen LogP contribution < -0.4 is 4.74 Å². The van der Waals surface area contributed by atoms with Gasteiger partial charge in [0.2, 0.25) is 0 Å². The summed E-state index contributed by atoms with van der Waals surface area (Å²) in [5, 5.41) is 19.6. The highest BCUT2D eigenvalue weighted by Gasteiger charge is 2.35. The Balaban J connectivity index is 2.37. The van der Waals surface area contributed by atoms with E-state index in [1.54, 1.807) is 30.3 Å². The van der Waals surface area contributed by atoms with E-state index in [1.807, 2.05) is 0 Å². The minimum Gasteiger partial charge on any atom is -0.488 e. The van der Waals surface area contributed by atoms with Gasteiger partial charge < -0.3 is 4.74 Å². The van der Waals surface area contributed by atoms with Crippen molar-refractivity contribution in [3.63, 3.8) is 0 Å². The number of halogens is 3. The summed E-state index contributed by atoms with van der Waals surface area (Å²) in [7, 11) is 0. The van der Waals surface area contributed by atoms with Gasteiger partial charge in [0.05, 0.1) is 5.56 Å². The van der Waals surface area contributed by atoms with Crippen molar-refractivity contribution in [3.05, 3.63) is 75.3 Å². The number of rotatable bonds is 5. The molecule has 0 heterocycles. The molecule has 2 rings (SSSR count). The number of hydrogen-bond acceptors (Lipinski definition) is 4. The fourth-order valence-electron chi connectivity index (χ4n) is 2.04. The molecule has 0 bridgehead atoms. The van der Waals surface area contributed by atoms with Crippen molar-refractivity contribution in [1.29, 1.82) is 5.26 Å². The highest BCUT2D eigenvalue weighted by Crippen LogP contribution is 2.38. The smallest absolute Gasteiger partial charge is 0.419 e. The zero-order valence-electron chi connectivity index (χ0n) is 12.2. The quantitative estimate of drug-likeness (QED) is 0.608. The van der Waals surface area contributed by atoms with Gasteiger partial charge in [-0.15, -0.1) is 0 Å². The molecule has 2 aromatic carbocycles. The summed E-state index contributed by atoms with van der Waals surface area (Å²) >= 11 is 0. The van der Waals surface area contributed by atoms with Crippen molar-refractivity contribution in [2.75, 3.05) is 0 Å². The van der Waals surface area contributed by atoms with Gasteiger partial charge in [-0.2, -0.15) is 18.4 Å². The van der Waals surface area contributed by atoms with E-state index in [-0.39, 0.29) is 12.2 Å². The molecule has 0 N–H and O–H groups in total. The van der Waals surface area contributed by atoms with Crippen molar-refractivity contribution in [2.24, 2.45) is 0 Å². The van der Waals surface area contributed by atoms with Crippen LogP contribution in [0.15, 0.2) is 48.5 Å². The fourth-order valence-corrected chi connectivity index (χ4v) is 2.04. The molecule has 2 aromatic rings. The highest BCUT2D eigenvalue weighted by atomic mass is 19.4. The van der Waals surface area contributed by atoms with Gasteiger partial charge in [0, 0.05) is 10.5 Å². The van der Waals surface area contributed by atoms with Gasteiger partial charge >= 0.3 is 12.2 Å². The summed E-state index contributed by atoms with van der Waals surface area (Å²) in [6.45, 7) is -0.136. The van der Waals surface area contributed by atoms with E-state index in [1.165, 1.54) is 6.07 Å². The van der Waals surface area contributed by atoms with Crippen LogP contribution in [0.1, 0.15) is 22.7 Å².